The minimum absolute atomic E-state index is 0.314. The zero-order chi connectivity index (χ0) is 11.4. The average molecular weight is 220 g/mol. The van der Waals surface area contributed by atoms with Crippen LogP contribution in [0.2, 0.25) is 0 Å². The molecule has 0 bridgehead atoms. The van der Waals surface area contributed by atoms with Crippen molar-refractivity contribution in [3.05, 3.63) is 30.1 Å². The van der Waals surface area contributed by atoms with Crippen LogP contribution in [-0.2, 0) is 11.3 Å². The van der Waals surface area contributed by atoms with Gasteiger partial charge in [0.1, 0.15) is 0 Å². The molecule has 0 saturated carbocycles. The first-order valence-corrected chi connectivity index (χ1v) is 6.08. The van der Waals surface area contributed by atoms with Crippen molar-refractivity contribution in [1.82, 2.24) is 10.3 Å². The molecule has 2 heterocycles. The summed E-state index contributed by atoms with van der Waals surface area (Å²) in [5.41, 5.74) is 1.09. The molecule has 3 atom stereocenters. The first-order valence-electron chi connectivity index (χ1n) is 6.08. The molecule has 0 aliphatic carbocycles. The Hall–Kier alpha value is -0.930. The summed E-state index contributed by atoms with van der Waals surface area (Å²) in [4.78, 5) is 4.30. The van der Waals surface area contributed by atoms with Crippen LogP contribution in [0, 0.1) is 0 Å². The zero-order valence-electron chi connectivity index (χ0n) is 10.0. The van der Waals surface area contributed by atoms with E-state index in [1.807, 2.05) is 24.4 Å². The normalized spacial score (nSPS) is 29.5. The van der Waals surface area contributed by atoms with Crippen molar-refractivity contribution in [3.8, 4) is 0 Å². The van der Waals surface area contributed by atoms with Gasteiger partial charge in [0.15, 0.2) is 0 Å². The van der Waals surface area contributed by atoms with Crippen molar-refractivity contribution in [3.63, 3.8) is 0 Å². The highest BCUT2D eigenvalue weighted by Gasteiger charge is 2.30. The Morgan fingerprint density at radius 3 is 3.00 bits per heavy atom. The second-order valence-corrected chi connectivity index (χ2v) is 4.42. The topological polar surface area (TPSA) is 34.2 Å². The SMILES string of the molecule is CC[C@@H]1CC(NCc2ccccn2)[C@H](C)O1. The van der Waals surface area contributed by atoms with Gasteiger partial charge in [-0.2, -0.15) is 0 Å². The third-order valence-electron chi connectivity index (χ3n) is 3.22. The van der Waals surface area contributed by atoms with Gasteiger partial charge in [-0.1, -0.05) is 13.0 Å². The lowest BCUT2D eigenvalue weighted by Crippen LogP contribution is -2.34. The van der Waals surface area contributed by atoms with Crippen LogP contribution in [0.5, 0.6) is 0 Å². The largest absolute Gasteiger partial charge is 0.374 e. The average Bonchev–Trinajstić information content (AvgIpc) is 2.69. The van der Waals surface area contributed by atoms with Gasteiger partial charge in [-0.15, -0.1) is 0 Å². The highest BCUT2D eigenvalue weighted by atomic mass is 16.5. The molecule has 0 aromatic carbocycles. The van der Waals surface area contributed by atoms with Gasteiger partial charge >= 0.3 is 0 Å². The molecule has 1 fully saturated rings. The van der Waals surface area contributed by atoms with Crippen LogP contribution in [-0.4, -0.2) is 23.2 Å². The molecule has 2 rings (SSSR count). The summed E-state index contributed by atoms with van der Waals surface area (Å²) in [6.45, 7) is 5.15. The van der Waals surface area contributed by atoms with E-state index < -0.39 is 0 Å². The fourth-order valence-corrected chi connectivity index (χ4v) is 2.18. The minimum atomic E-state index is 0.314. The zero-order valence-corrected chi connectivity index (χ0v) is 10.0. The molecule has 1 aliphatic rings. The fourth-order valence-electron chi connectivity index (χ4n) is 2.18. The van der Waals surface area contributed by atoms with E-state index in [0.29, 0.717) is 18.2 Å². The Balaban J connectivity index is 1.82. The molecule has 16 heavy (non-hydrogen) atoms. The lowest BCUT2D eigenvalue weighted by atomic mass is 10.1. The van der Waals surface area contributed by atoms with E-state index >= 15 is 0 Å². The van der Waals surface area contributed by atoms with E-state index in [1.165, 1.54) is 0 Å². The summed E-state index contributed by atoms with van der Waals surface area (Å²) in [6.07, 6.45) is 4.79. The molecule has 1 aromatic heterocycles. The lowest BCUT2D eigenvalue weighted by Gasteiger charge is -2.15. The predicted molar refractivity (Wildman–Crippen MR) is 64.1 cm³/mol. The Morgan fingerprint density at radius 1 is 1.50 bits per heavy atom. The number of hydrogen-bond donors (Lipinski definition) is 1. The molecular formula is C13H20N2O. The van der Waals surface area contributed by atoms with E-state index in [2.05, 4.69) is 24.1 Å². The van der Waals surface area contributed by atoms with Gasteiger partial charge in [0, 0.05) is 18.8 Å². The van der Waals surface area contributed by atoms with E-state index in [0.717, 1.165) is 25.1 Å². The van der Waals surface area contributed by atoms with Gasteiger partial charge in [-0.05, 0) is 31.9 Å². The monoisotopic (exact) mass is 220 g/mol. The van der Waals surface area contributed by atoms with Gasteiger partial charge in [-0.25, -0.2) is 0 Å². The smallest absolute Gasteiger partial charge is 0.0704 e. The number of hydrogen-bond acceptors (Lipinski definition) is 3. The number of nitrogens with one attached hydrogen (secondary N) is 1. The Morgan fingerprint density at radius 2 is 2.38 bits per heavy atom. The number of aromatic nitrogens is 1. The van der Waals surface area contributed by atoms with Crippen molar-refractivity contribution in [2.24, 2.45) is 0 Å². The standard InChI is InChI=1S/C13H20N2O/c1-3-12-8-13(10(2)16-12)15-9-11-6-4-5-7-14-11/h4-7,10,12-13,15H,3,8-9H2,1-2H3/t10-,12+,13?/m0/s1. The first kappa shape index (κ1) is 11.6. The van der Waals surface area contributed by atoms with Crippen molar-refractivity contribution in [2.45, 2.75) is 51.5 Å². The lowest BCUT2D eigenvalue weighted by molar-refractivity contribution is 0.0481. The van der Waals surface area contributed by atoms with Crippen LogP contribution in [0.3, 0.4) is 0 Å². The molecule has 1 N–H and O–H groups in total. The Bertz CT molecular complexity index is 315. The summed E-state index contributed by atoms with van der Waals surface area (Å²) in [5, 5.41) is 3.52. The molecular weight excluding hydrogens is 200 g/mol. The highest BCUT2D eigenvalue weighted by molar-refractivity contribution is 5.03. The van der Waals surface area contributed by atoms with Crippen molar-refractivity contribution in [1.29, 1.82) is 0 Å². The van der Waals surface area contributed by atoms with E-state index in [9.17, 15) is 0 Å². The van der Waals surface area contributed by atoms with E-state index in [4.69, 9.17) is 4.74 Å². The van der Waals surface area contributed by atoms with Gasteiger partial charge in [0.2, 0.25) is 0 Å². The van der Waals surface area contributed by atoms with Gasteiger partial charge in [0.25, 0.3) is 0 Å². The van der Waals surface area contributed by atoms with Crippen LogP contribution in [0.25, 0.3) is 0 Å². The van der Waals surface area contributed by atoms with Crippen LogP contribution < -0.4 is 5.32 Å². The highest BCUT2D eigenvalue weighted by Crippen LogP contribution is 2.22. The second kappa shape index (κ2) is 5.41. The molecule has 1 aromatic rings. The van der Waals surface area contributed by atoms with Crippen molar-refractivity contribution < 1.29 is 4.74 Å². The number of rotatable bonds is 4. The second-order valence-electron chi connectivity index (χ2n) is 4.42. The Kier molecular flexibility index (Phi) is 3.91. The first-order chi connectivity index (χ1) is 7.79. The molecule has 0 spiro atoms. The fraction of sp³-hybridized carbons (Fsp3) is 0.615. The van der Waals surface area contributed by atoms with Crippen LogP contribution >= 0.6 is 0 Å². The maximum atomic E-state index is 5.83. The molecule has 1 aliphatic heterocycles. The molecule has 88 valence electrons. The summed E-state index contributed by atoms with van der Waals surface area (Å²) in [6, 6.07) is 6.47. The Labute approximate surface area is 97.2 Å². The number of pyridine rings is 1. The third kappa shape index (κ3) is 2.80. The van der Waals surface area contributed by atoms with Gasteiger partial charge in [0.05, 0.1) is 17.9 Å². The van der Waals surface area contributed by atoms with Crippen LogP contribution in [0.1, 0.15) is 32.4 Å². The summed E-state index contributed by atoms with van der Waals surface area (Å²) in [5.74, 6) is 0. The summed E-state index contributed by atoms with van der Waals surface area (Å²) in [7, 11) is 0. The molecule has 0 amide bonds. The number of nitrogens with zero attached hydrogens (tertiary/aromatic N) is 1. The summed E-state index contributed by atoms with van der Waals surface area (Å²) < 4.78 is 5.83. The molecule has 3 nitrogen and oxygen atoms in total. The molecule has 3 heteroatoms. The minimum Gasteiger partial charge on any atom is -0.374 e. The molecule has 0 radical (unpaired) electrons. The van der Waals surface area contributed by atoms with Gasteiger partial charge in [-0.3, -0.25) is 4.98 Å². The maximum absolute atomic E-state index is 5.83. The quantitative estimate of drug-likeness (QED) is 0.844. The van der Waals surface area contributed by atoms with E-state index in [1.54, 1.807) is 0 Å². The maximum Gasteiger partial charge on any atom is 0.0704 e. The van der Waals surface area contributed by atoms with Crippen molar-refractivity contribution >= 4 is 0 Å². The predicted octanol–water partition coefficient (Wildman–Crippen LogP) is 2.13. The molecule has 1 unspecified atom stereocenters. The molecule has 1 saturated heterocycles. The van der Waals surface area contributed by atoms with Crippen molar-refractivity contribution in [2.75, 3.05) is 0 Å². The number of ether oxygens (including phenoxy) is 1. The third-order valence-corrected chi connectivity index (χ3v) is 3.22. The summed E-state index contributed by atoms with van der Waals surface area (Å²) >= 11 is 0. The van der Waals surface area contributed by atoms with E-state index in [-0.39, 0.29) is 0 Å². The van der Waals surface area contributed by atoms with Crippen LogP contribution in [0.4, 0.5) is 0 Å². The van der Waals surface area contributed by atoms with Gasteiger partial charge < -0.3 is 10.1 Å². The van der Waals surface area contributed by atoms with Crippen LogP contribution in [0.15, 0.2) is 24.4 Å².